The molecule has 0 unspecified atom stereocenters. The minimum absolute atomic E-state index is 0.100. The zero-order valence-corrected chi connectivity index (χ0v) is 13.5. The Balaban J connectivity index is 1.87. The molecule has 1 aliphatic heterocycles. The van der Waals surface area contributed by atoms with Crippen LogP contribution < -0.4 is 10.1 Å². The lowest BCUT2D eigenvalue weighted by molar-refractivity contribution is 0.0655. The van der Waals surface area contributed by atoms with Gasteiger partial charge in [0.1, 0.15) is 5.75 Å². The normalized spacial score (nSPS) is 17.0. The van der Waals surface area contributed by atoms with Crippen molar-refractivity contribution >= 4 is 11.7 Å². The SMILES string of the molecule is COc1ccc(C2=NO[C@H](CN(C)C(=O)NC(C)C)C2)cc1. The van der Waals surface area contributed by atoms with E-state index in [0.29, 0.717) is 13.0 Å². The molecule has 6 heteroatoms. The fourth-order valence-electron chi connectivity index (χ4n) is 2.23. The fourth-order valence-corrected chi connectivity index (χ4v) is 2.23. The van der Waals surface area contributed by atoms with E-state index in [2.05, 4.69) is 10.5 Å². The fraction of sp³-hybridized carbons (Fsp3) is 0.500. The van der Waals surface area contributed by atoms with Crippen LogP contribution in [0.25, 0.3) is 0 Å². The first-order valence-electron chi connectivity index (χ1n) is 7.38. The van der Waals surface area contributed by atoms with E-state index < -0.39 is 0 Å². The van der Waals surface area contributed by atoms with E-state index in [1.807, 2.05) is 38.1 Å². The van der Waals surface area contributed by atoms with Crippen molar-refractivity contribution in [2.45, 2.75) is 32.4 Å². The predicted octanol–water partition coefficient (Wildman–Crippen LogP) is 2.24. The second-order valence-electron chi connectivity index (χ2n) is 5.68. The number of hydrogen-bond acceptors (Lipinski definition) is 4. The van der Waals surface area contributed by atoms with Crippen LogP contribution in [0.1, 0.15) is 25.8 Å². The van der Waals surface area contributed by atoms with Gasteiger partial charge in [-0.05, 0) is 43.7 Å². The molecule has 22 heavy (non-hydrogen) atoms. The summed E-state index contributed by atoms with van der Waals surface area (Å²) in [6.45, 7) is 4.37. The molecule has 1 N–H and O–H groups in total. The molecule has 0 radical (unpaired) electrons. The molecule has 0 aromatic heterocycles. The van der Waals surface area contributed by atoms with Crippen LogP contribution in [0.5, 0.6) is 5.75 Å². The summed E-state index contributed by atoms with van der Waals surface area (Å²) in [6.07, 6.45) is 0.575. The molecular formula is C16H23N3O3. The molecule has 1 aliphatic rings. The number of carbonyl (C=O) groups excluding carboxylic acids is 1. The largest absolute Gasteiger partial charge is 0.497 e. The minimum atomic E-state index is -0.111. The molecule has 0 saturated heterocycles. The first kappa shape index (κ1) is 16.1. The summed E-state index contributed by atoms with van der Waals surface area (Å²) in [5.41, 5.74) is 1.91. The van der Waals surface area contributed by atoms with E-state index in [1.165, 1.54) is 0 Å². The van der Waals surface area contributed by atoms with Crippen molar-refractivity contribution in [3.8, 4) is 5.75 Å². The van der Waals surface area contributed by atoms with Crippen molar-refractivity contribution in [1.82, 2.24) is 10.2 Å². The van der Waals surface area contributed by atoms with Gasteiger partial charge < -0.3 is 19.8 Å². The highest BCUT2D eigenvalue weighted by Crippen LogP contribution is 2.19. The number of oxime groups is 1. The second-order valence-corrected chi connectivity index (χ2v) is 5.68. The molecule has 120 valence electrons. The summed E-state index contributed by atoms with van der Waals surface area (Å²) in [5.74, 6) is 0.810. The van der Waals surface area contributed by atoms with Crippen LogP contribution in [0.2, 0.25) is 0 Å². The molecular weight excluding hydrogens is 282 g/mol. The number of nitrogens with one attached hydrogen (secondary N) is 1. The average molecular weight is 305 g/mol. The number of ether oxygens (including phenoxy) is 1. The van der Waals surface area contributed by atoms with Crippen LogP contribution in [-0.2, 0) is 4.84 Å². The lowest BCUT2D eigenvalue weighted by Gasteiger charge is -2.21. The summed E-state index contributed by atoms with van der Waals surface area (Å²) in [7, 11) is 3.39. The highest BCUT2D eigenvalue weighted by molar-refractivity contribution is 6.01. The average Bonchev–Trinajstić information content (AvgIpc) is 2.95. The van der Waals surface area contributed by atoms with Gasteiger partial charge in [0.15, 0.2) is 6.10 Å². The van der Waals surface area contributed by atoms with Gasteiger partial charge in [0.05, 0.1) is 19.4 Å². The second kappa shape index (κ2) is 7.15. The van der Waals surface area contributed by atoms with Crippen LogP contribution in [0.3, 0.4) is 0 Å². The third-order valence-electron chi connectivity index (χ3n) is 3.39. The van der Waals surface area contributed by atoms with Gasteiger partial charge in [-0.3, -0.25) is 0 Å². The Kier molecular flexibility index (Phi) is 5.25. The highest BCUT2D eigenvalue weighted by Gasteiger charge is 2.25. The van der Waals surface area contributed by atoms with E-state index in [4.69, 9.17) is 9.57 Å². The number of urea groups is 1. The Morgan fingerprint density at radius 1 is 1.45 bits per heavy atom. The van der Waals surface area contributed by atoms with E-state index in [-0.39, 0.29) is 18.2 Å². The number of carbonyl (C=O) groups is 1. The predicted molar refractivity (Wildman–Crippen MR) is 85.3 cm³/mol. The summed E-state index contributed by atoms with van der Waals surface area (Å²) >= 11 is 0. The summed E-state index contributed by atoms with van der Waals surface area (Å²) in [5, 5.41) is 6.99. The van der Waals surface area contributed by atoms with Gasteiger partial charge in [-0.2, -0.15) is 0 Å². The molecule has 0 fully saturated rings. The van der Waals surface area contributed by atoms with Gasteiger partial charge in [0, 0.05) is 19.5 Å². The molecule has 1 aromatic rings. The topological polar surface area (TPSA) is 63.2 Å². The number of hydrogen-bond donors (Lipinski definition) is 1. The summed E-state index contributed by atoms with van der Waals surface area (Å²) < 4.78 is 5.14. The number of amides is 2. The van der Waals surface area contributed by atoms with Gasteiger partial charge >= 0.3 is 6.03 Å². The van der Waals surface area contributed by atoms with Crippen molar-refractivity contribution in [2.75, 3.05) is 20.7 Å². The third-order valence-corrected chi connectivity index (χ3v) is 3.39. The summed E-state index contributed by atoms with van der Waals surface area (Å²) in [4.78, 5) is 18.9. The van der Waals surface area contributed by atoms with Crippen molar-refractivity contribution < 1.29 is 14.4 Å². The molecule has 0 spiro atoms. The maximum Gasteiger partial charge on any atom is 0.317 e. The van der Waals surface area contributed by atoms with E-state index in [1.54, 1.807) is 19.1 Å². The zero-order chi connectivity index (χ0) is 16.1. The quantitative estimate of drug-likeness (QED) is 0.907. The lowest BCUT2D eigenvalue weighted by Crippen LogP contribution is -2.43. The lowest BCUT2D eigenvalue weighted by atomic mass is 10.0. The van der Waals surface area contributed by atoms with Crippen LogP contribution in [0.15, 0.2) is 29.4 Å². The number of nitrogens with zero attached hydrogens (tertiary/aromatic N) is 2. The zero-order valence-electron chi connectivity index (χ0n) is 13.5. The van der Waals surface area contributed by atoms with Gasteiger partial charge in [-0.15, -0.1) is 0 Å². The van der Waals surface area contributed by atoms with Gasteiger partial charge in [0.25, 0.3) is 0 Å². The third kappa shape index (κ3) is 4.13. The molecule has 6 nitrogen and oxygen atoms in total. The van der Waals surface area contributed by atoms with E-state index in [0.717, 1.165) is 17.0 Å². The number of rotatable bonds is 5. The minimum Gasteiger partial charge on any atom is -0.497 e. The van der Waals surface area contributed by atoms with Crippen LogP contribution in [-0.4, -0.2) is 49.5 Å². The maximum absolute atomic E-state index is 11.9. The van der Waals surface area contributed by atoms with Crippen LogP contribution in [0, 0.1) is 0 Å². The maximum atomic E-state index is 11.9. The molecule has 0 aliphatic carbocycles. The number of likely N-dealkylation sites (N-methyl/N-ethyl adjacent to an activating group) is 1. The standard InChI is InChI=1S/C16H23N3O3/c1-11(2)17-16(20)19(3)10-14-9-15(18-22-14)12-5-7-13(21-4)8-6-12/h5-8,11,14H,9-10H2,1-4H3,(H,17,20)/t14-/m0/s1. The molecule has 2 rings (SSSR count). The van der Waals surface area contributed by atoms with E-state index >= 15 is 0 Å². The van der Waals surface area contributed by atoms with E-state index in [9.17, 15) is 4.79 Å². The first-order valence-corrected chi connectivity index (χ1v) is 7.38. The molecule has 1 heterocycles. The molecule has 1 atom stereocenters. The van der Waals surface area contributed by atoms with Crippen molar-refractivity contribution in [1.29, 1.82) is 0 Å². The Bertz CT molecular complexity index is 540. The Labute approximate surface area is 131 Å². The van der Waals surface area contributed by atoms with Gasteiger partial charge in [0.2, 0.25) is 0 Å². The Morgan fingerprint density at radius 3 is 2.73 bits per heavy atom. The summed E-state index contributed by atoms with van der Waals surface area (Å²) in [6, 6.07) is 7.72. The molecule has 0 bridgehead atoms. The Morgan fingerprint density at radius 2 is 2.14 bits per heavy atom. The molecule has 2 amide bonds. The number of benzene rings is 1. The first-order chi connectivity index (χ1) is 10.5. The van der Waals surface area contributed by atoms with Crippen molar-refractivity contribution in [3.63, 3.8) is 0 Å². The number of methoxy groups -OCH3 is 1. The van der Waals surface area contributed by atoms with Gasteiger partial charge in [-0.1, -0.05) is 5.16 Å². The molecule has 1 aromatic carbocycles. The Hall–Kier alpha value is -2.24. The molecule has 0 saturated carbocycles. The van der Waals surface area contributed by atoms with Crippen molar-refractivity contribution in [3.05, 3.63) is 29.8 Å². The van der Waals surface area contributed by atoms with Crippen LogP contribution in [0.4, 0.5) is 4.79 Å². The monoisotopic (exact) mass is 305 g/mol. The van der Waals surface area contributed by atoms with Crippen LogP contribution >= 0.6 is 0 Å². The highest BCUT2D eigenvalue weighted by atomic mass is 16.6. The van der Waals surface area contributed by atoms with Crippen molar-refractivity contribution in [2.24, 2.45) is 5.16 Å². The van der Waals surface area contributed by atoms with Gasteiger partial charge in [-0.25, -0.2) is 4.79 Å². The smallest absolute Gasteiger partial charge is 0.317 e.